The fraction of sp³-hybridized carbons (Fsp3) is 0.769. The van der Waals surface area contributed by atoms with Crippen molar-refractivity contribution in [2.75, 3.05) is 19.0 Å². The Bertz CT molecular complexity index is 457. The van der Waals surface area contributed by atoms with Gasteiger partial charge >= 0.3 is 0 Å². The number of piperidine rings is 1. The van der Waals surface area contributed by atoms with Crippen molar-refractivity contribution in [3.8, 4) is 0 Å². The lowest BCUT2D eigenvalue weighted by atomic mass is 9.90. The first-order valence-electron chi connectivity index (χ1n) is 6.65. The molecule has 5 nitrogen and oxygen atoms in total. The van der Waals surface area contributed by atoms with E-state index in [1.54, 1.807) is 6.33 Å². The fourth-order valence-corrected chi connectivity index (χ4v) is 2.63. The highest BCUT2D eigenvalue weighted by Gasteiger charge is 2.35. The van der Waals surface area contributed by atoms with Crippen molar-refractivity contribution < 1.29 is 4.79 Å². The topological polar surface area (TPSA) is 51.0 Å². The normalized spacial score (nSPS) is 20.6. The molecule has 1 aliphatic heterocycles. The second kappa shape index (κ2) is 5.49. The molecule has 0 spiro atoms. The van der Waals surface area contributed by atoms with Gasteiger partial charge in [0.05, 0.1) is 5.41 Å². The summed E-state index contributed by atoms with van der Waals surface area (Å²) in [5.74, 6) is 1.71. The van der Waals surface area contributed by atoms with Crippen molar-refractivity contribution in [3.05, 3.63) is 12.2 Å². The Morgan fingerprint density at radius 1 is 1.58 bits per heavy atom. The van der Waals surface area contributed by atoms with Crippen LogP contribution in [0.2, 0.25) is 0 Å². The second-order valence-corrected chi connectivity index (χ2v) is 6.18. The summed E-state index contributed by atoms with van der Waals surface area (Å²) in [5, 5.41) is 8.08. The van der Waals surface area contributed by atoms with Gasteiger partial charge in [-0.25, -0.2) is 0 Å². The molecule has 1 amide bonds. The van der Waals surface area contributed by atoms with Gasteiger partial charge in [-0.15, -0.1) is 21.8 Å². The lowest BCUT2D eigenvalue weighted by molar-refractivity contribution is -0.140. The highest BCUT2D eigenvalue weighted by molar-refractivity contribution is 6.19. The number of alkyl halides is 1. The van der Waals surface area contributed by atoms with Crippen LogP contribution < -0.4 is 0 Å². The molecule has 0 bridgehead atoms. The molecule has 2 heterocycles. The molecule has 2 rings (SSSR count). The van der Waals surface area contributed by atoms with E-state index >= 15 is 0 Å². The predicted molar refractivity (Wildman–Crippen MR) is 74.1 cm³/mol. The third-order valence-corrected chi connectivity index (χ3v) is 4.40. The van der Waals surface area contributed by atoms with Crippen LogP contribution in [0, 0.1) is 5.41 Å². The molecule has 19 heavy (non-hydrogen) atoms. The summed E-state index contributed by atoms with van der Waals surface area (Å²) in [4.78, 5) is 14.4. The summed E-state index contributed by atoms with van der Waals surface area (Å²) in [6, 6.07) is 0. The average Bonchev–Trinajstić information content (AvgIpc) is 2.84. The van der Waals surface area contributed by atoms with Crippen molar-refractivity contribution in [1.29, 1.82) is 0 Å². The Morgan fingerprint density at radius 2 is 2.32 bits per heavy atom. The van der Waals surface area contributed by atoms with Crippen LogP contribution >= 0.6 is 11.6 Å². The molecule has 1 aliphatic rings. The maximum absolute atomic E-state index is 12.4. The molecule has 1 unspecified atom stereocenters. The summed E-state index contributed by atoms with van der Waals surface area (Å²) in [5.41, 5.74) is -0.497. The van der Waals surface area contributed by atoms with E-state index in [0.29, 0.717) is 12.4 Å². The lowest BCUT2D eigenvalue weighted by Crippen LogP contribution is -2.46. The van der Waals surface area contributed by atoms with Gasteiger partial charge in [-0.1, -0.05) is 0 Å². The van der Waals surface area contributed by atoms with Crippen molar-refractivity contribution in [3.63, 3.8) is 0 Å². The summed E-state index contributed by atoms with van der Waals surface area (Å²) < 4.78 is 1.94. The third-order valence-electron chi connectivity index (χ3n) is 3.73. The van der Waals surface area contributed by atoms with Gasteiger partial charge in [0.2, 0.25) is 5.91 Å². The number of rotatable bonds is 3. The number of carbonyl (C=O) groups is 1. The van der Waals surface area contributed by atoms with Crippen LogP contribution in [-0.4, -0.2) is 44.5 Å². The molecule has 1 fully saturated rings. The van der Waals surface area contributed by atoms with E-state index in [9.17, 15) is 4.79 Å². The molecule has 0 aromatic carbocycles. The van der Waals surface area contributed by atoms with E-state index in [0.717, 1.165) is 25.2 Å². The maximum Gasteiger partial charge on any atom is 0.229 e. The Hall–Kier alpha value is -1.10. The minimum Gasteiger partial charge on any atom is -0.341 e. The van der Waals surface area contributed by atoms with Crippen LogP contribution in [0.3, 0.4) is 0 Å². The highest BCUT2D eigenvalue weighted by atomic mass is 35.5. The monoisotopic (exact) mass is 284 g/mol. The number of hydrogen-bond donors (Lipinski definition) is 0. The van der Waals surface area contributed by atoms with E-state index in [2.05, 4.69) is 10.2 Å². The van der Waals surface area contributed by atoms with Crippen LogP contribution in [0.15, 0.2) is 6.33 Å². The number of hydrogen-bond acceptors (Lipinski definition) is 3. The molecule has 0 N–H and O–H groups in total. The predicted octanol–water partition coefficient (Wildman–Crippen LogP) is 1.79. The molecule has 0 aliphatic carbocycles. The van der Waals surface area contributed by atoms with E-state index in [4.69, 9.17) is 11.6 Å². The lowest BCUT2D eigenvalue weighted by Gasteiger charge is -2.36. The van der Waals surface area contributed by atoms with Crippen molar-refractivity contribution in [2.45, 2.75) is 32.6 Å². The zero-order valence-corrected chi connectivity index (χ0v) is 12.5. The van der Waals surface area contributed by atoms with Gasteiger partial charge in [0.1, 0.15) is 12.2 Å². The first-order valence-corrected chi connectivity index (χ1v) is 7.18. The molecular weight excluding hydrogens is 264 g/mol. The Balaban J connectivity index is 2.10. The maximum atomic E-state index is 12.4. The minimum atomic E-state index is -0.497. The summed E-state index contributed by atoms with van der Waals surface area (Å²) >= 11 is 5.89. The van der Waals surface area contributed by atoms with Gasteiger partial charge in [0.25, 0.3) is 0 Å². The molecule has 0 radical (unpaired) electrons. The smallest absolute Gasteiger partial charge is 0.229 e. The van der Waals surface area contributed by atoms with Crippen molar-refractivity contribution in [1.82, 2.24) is 19.7 Å². The van der Waals surface area contributed by atoms with Crippen LogP contribution in [0.25, 0.3) is 0 Å². The molecule has 106 valence electrons. The first-order chi connectivity index (χ1) is 8.95. The zero-order valence-electron chi connectivity index (χ0n) is 11.8. The van der Waals surface area contributed by atoms with Gasteiger partial charge in [-0.3, -0.25) is 4.79 Å². The number of aromatic nitrogens is 3. The van der Waals surface area contributed by atoms with Gasteiger partial charge in [-0.05, 0) is 26.7 Å². The molecule has 6 heteroatoms. The SMILES string of the molecule is Cn1cnnc1C1CCCN(C(=O)C(C)(C)CCl)C1. The summed E-state index contributed by atoms with van der Waals surface area (Å²) in [7, 11) is 1.94. The van der Waals surface area contributed by atoms with E-state index in [1.165, 1.54) is 0 Å². The van der Waals surface area contributed by atoms with E-state index in [-0.39, 0.29) is 11.8 Å². The van der Waals surface area contributed by atoms with E-state index < -0.39 is 5.41 Å². The number of amides is 1. The number of nitrogens with zero attached hydrogens (tertiary/aromatic N) is 4. The molecule has 1 aromatic rings. The molecule has 0 saturated carbocycles. The number of likely N-dealkylation sites (tertiary alicyclic amines) is 1. The Kier molecular flexibility index (Phi) is 4.13. The standard InChI is InChI=1S/C13H21ClN4O/c1-13(2,8-14)12(19)18-6-4-5-10(7-18)11-16-15-9-17(11)3/h9-10H,4-8H2,1-3H3. The first kappa shape index (κ1) is 14.3. The third kappa shape index (κ3) is 2.91. The minimum absolute atomic E-state index is 0.134. The molecule has 1 atom stereocenters. The van der Waals surface area contributed by atoms with E-state index in [1.807, 2.05) is 30.4 Å². The zero-order chi connectivity index (χ0) is 14.0. The number of carbonyl (C=O) groups excluding carboxylic acids is 1. The fourth-order valence-electron chi connectivity index (χ4n) is 2.52. The quantitative estimate of drug-likeness (QED) is 0.795. The molecule has 1 saturated heterocycles. The number of halogens is 1. The Morgan fingerprint density at radius 3 is 2.89 bits per heavy atom. The van der Waals surface area contributed by atoms with Gasteiger partial charge in [-0.2, -0.15) is 0 Å². The van der Waals surface area contributed by atoms with Crippen LogP contribution in [0.5, 0.6) is 0 Å². The summed E-state index contributed by atoms with van der Waals surface area (Å²) in [6.45, 7) is 5.32. The van der Waals surface area contributed by atoms with Gasteiger partial charge in [0.15, 0.2) is 0 Å². The largest absolute Gasteiger partial charge is 0.341 e. The average molecular weight is 285 g/mol. The number of aryl methyl sites for hydroxylation is 1. The molecular formula is C13H21ClN4O. The van der Waals surface area contributed by atoms with Crippen LogP contribution in [-0.2, 0) is 11.8 Å². The molecule has 1 aromatic heterocycles. The highest BCUT2D eigenvalue weighted by Crippen LogP contribution is 2.29. The van der Waals surface area contributed by atoms with Crippen LogP contribution in [0.4, 0.5) is 0 Å². The van der Waals surface area contributed by atoms with Gasteiger partial charge < -0.3 is 9.47 Å². The van der Waals surface area contributed by atoms with Crippen molar-refractivity contribution >= 4 is 17.5 Å². The Labute approximate surface area is 118 Å². The van der Waals surface area contributed by atoms with Crippen LogP contribution in [0.1, 0.15) is 38.4 Å². The second-order valence-electron chi connectivity index (χ2n) is 5.91. The van der Waals surface area contributed by atoms with Gasteiger partial charge in [0, 0.05) is 31.9 Å². The van der Waals surface area contributed by atoms with Crippen molar-refractivity contribution in [2.24, 2.45) is 12.5 Å². The summed E-state index contributed by atoms with van der Waals surface area (Å²) in [6.07, 6.45) is 3.76.